The van der Waals surface area contributed by atoms with Crippen molar-refractivity contribution in [1.29, 1.82) is 0 Å². The number of hydrogen-bond acceptors (Lipinski definition) is 5. The third-order valence-electron chi connectivity index (χ3n) is 1.87. The van der Waals surface area contributed by atoms with Crippen molar-refractivity contribution in [2.75, 3.05) is 14.2 Å². The van der Waals surface area contributed by atoms with Crippen LogP contribution in [0.3, 0.4) is 0 Å². The molecule has 0 aliphatic rings. The van der Waals surface area contributed by atoms with Gasteiger partial charge in [0.25, 0.3) is 0 Å². The molecule has 1 aromatic heterocycles. The molecule has 1 rings (SSSR count). The Morgan fingerprint density at radius 2 is 2.20 bits per heavy atom. The highest BCUT2D eigenvalue weighted by atomic mass is 16.5. The third-order valence-corrected chi connectivity index (χ3v) is 1.87. The number of rotatable bonds is 5. The van der Waals surface area contributed by atoms with E-state index in [1.54, 1.807) is 7.11 Å². The van der Waals surface area contributed by atoms with Crippen molar-refractivity contribution in [3.8, 4) is 0 Å². The minimum atomic E-state index is -0.492. The molecule has 0 unspecified atom stereocenters. The molecule has 0 N–H and O–H groups in total. The lowest BCUT2D eigenvalue weighted by atomic mass is 10.2. The van der Waals surface area contributed by atoms with Gasteiger partial charge in [-0.15, -0.1) is 0 Å². The van der Waals surface area contributed by atoms with E-state index in [4.69, 9.17) is 9.15 Å². The van der Waals surface area contributed by atoms with E-state index in [1.807, 2.05) is 6.92 Å². The molecule has 1 heterocycles. The number of nitrogens with zero attached hydrogens (tertiary/aromatic N) is 1. The molecule has 0 radical (unpaired) electrons. The van der Waals surface area contributed by atoms with E-state index < -0.39 is 5.97 Å². The van der Waals surface area contributed by atoms with Crippen LogP contribution in [0.5, 0.6) is 0 Å². The molecular weight excluding hydrogens is 198 g/mol. The van der Waals surface area contributed by atoms with Crippen LogP contribution in [0.25, 0.3) is 0 Å². The van der Waals surface area contributed by atoms with Crippen molar-refractivity contribution in [2.45, 2.75) is 26.4 Å². The average molecular weight is 213 g/mol. The summed E-state index contributed by atoms with van der Waals surface area (Å²) in [4.78, 5) is 15.5. The first-order valence-corrected chi connectivity index (χ1v) is 4.78. The highest BCUT2D eigenvalue weighted by Gasteiger charge is 2.19. The Balaban J connectivity index is 2.94. The van der Waals surface area contributed by atoms with E-state index in [1.165, 1.54) is 7.11 Å². The van der Waals surface area contributed by atoms with E-state index in [9.17, 15) is 4.79 Å². The molecule has 5 heteroatoms. The van der Waals surface area contributed by atoms with Gasteiger partial charge in [-0.3, -0.25) is 0 Å². The number of methoxy groups -OCH3 is 2. The van der Waals surface area contributed by atoms with Crippen LogP contribution >= 0.6 is 0 Å². The molecule has 84 valence electrons. The predicted molar refractivity (Wildman–Crippen MR) is 52.6 cm³/mol. The molecule has 0 atom stereocenters. The Morgan fingerprint density at radius 3 is 2.73 bits per heavy atom. The summed E-state index contributed by atoms with van der Waals surface area (Å²) < 4.78 is 14.7. The first-order chi connectivity index (χ1) is 7.22. The summed E-state index contributed by atoms with van der Waals surface area (Å²) >= 11 is 0. The second-order valence-electron chi connectivity index (χ2n) is 3.06. The quantitative estimate of drug-likeness (QED) is 0.694. The van der Waals surface area contributed by atoms with E-state index in [2.05, 4.69) is 9.72 Å². The normalized spacial score (nSPS) is 10.3. The molecule has 0 saturated heterocycles. The molecule has 15 heavy (non-hydrogen) atoms. The van der Waals surface area contributed by atoms with Gasteiger partial charge >= 0.3 is 5.97 Å². The maximum Gasteiger partial charge on any atom is 0.375 e. The maximum atomic E-state index is 11.3. The van der Waals surface area contributed by atoms with Gasteiger partial charge in [0.15, 0.2) is 0 Å². The van der Waals surface area contributed by atoms with Crippen LogP contribution in [0.4, 0.5) is 0 Å². The van der Waals surface area contributed by atoms with Crippen LogP contribution in [0.1, 0.15) is 35.5 Å². The molecule has 5 nitrogen and oxygen atoms in total. The van der Waals surface area contributed by atoms with Gasteiger partial charge in [-0.25, -0.2) is 9.78 Å². The molecule has 0 aromatic carbocycles. The number of oxazole rings is 1. The molecule has 0 saturated carbocycles. The lowest BCUT2D eigenvalue weighted by Crippen LogP contribution is -2.03. The summed E-state index contributed by atoms with van der Waals surface area (Å²) in [5.41, 5.74) is 0.636. The lowest BCUT2D eigenvalue weighted by molar-refractivity contribution is 0.0556. The highest BCUT2D eigenvalue weighted by molar-refractivity contribution is 5.87. The Bertz CT molecular complexity index is 332. The van der Waals surface area contributed by atoms with Gasteiger partial charge < -0.3 is 13.9 Å². The van der Waals surface area contributed by atoms with Crippen molar-refractivity contribution in [3.05, 3.63) is 17.3 Å². The second-order valence-corrected chi connectivity index (χ2v) is 3.06. The maximum absolute atomic E-state index is 11.3. The van der Waals surface area contributed by atoms with E-state index in [0.717, 1.165) is 6.42 Å². The summed E-state index contributed by atoms with van der Waals surface area (Å²) in [6, 6.07) is 0. The van der Waals surface area contributed by atoms with Crippen LogP contribution in [-0.4, -0.2) is 25.2 Å². The summed E-state index contributed by atoms with van der Waals surface area (Å²) in [7, 11) is 2.86. The summed E-state index contributed by atoms with van der Waals surface area (Å²) in [6.45, 7) is 2.26. The first-order valence-electron chi connectivity index (χ1n) is 4.78. The third kappa shape index (κ3) is 2.79. The van der Waals surface area contributed by atoms with Gasteiger partial charge in [0.2, 0.25) is 11.7 Å². The minimum Gasteiger partial charge on any atom is -0.463 e. The lowest BCUT2D eigenvalue weighted by Gasteiger charge is -1.96. The van der Waals surface area contributed by atoms with Gasteiger partial charge in [0.1, 0.15) is 6.61 Å². The van der Waals surface area contributed by atoms with Gasteiger partial charge in [-0.2, -0.15) is 0 Å². The molecule has 0 fully saturated rings. The average Bonchev–Trinajstić information content (AvgIpc) is 2.61. The van der Waals surface area contributed by atoms with Crippen LogP contribution in [0.2, 0.25) is 0 Å². The molecule has 0 amide bonds. The summed E-state index contributed by atoms with van der Waals surface area (Å²) in [5.74, 6) is 0.0982. The van der Waals surface area contributed by atoms with Gasteiger partial charge in [0.05, 0.1) is 12.8 Å². The molecule has 0 aliphatic carbocycles. The fourth-order valence-electron chi connectivity index (χ4n) is 1.24. The number of esters is 1. The Morgan fingerprint density at radius 1 is 1.47 bits per heavy atom. The fourth-order valence-corrected chi connectivity index (χ4v) is 1.24. The largest absolute Gasteiger partial charge is 0.463 e. The zero-order valence-electron chi connectivity index (χ0n) is 9.20. The smallest absolute Gasteiger partial charge is 0.375 e. The van der Waals surface area contributed by atoms with Gasteiger partial charge in [-0.1, -0.05) is 13.3 Å². The monoisotopic (exact) mass is 213 g/mol. The molecule has 0 aliphatic heterocycles. The first kappa shape index (κ1) is 11.7. The Kier molecular flexibility index (Phi) is 4.30. The zero-order valence-corrected chi connectivity index (χ0v) is 9.20. The van der Waals surface area contributed by atoms with Gasteiger partial charge in [0, 0.05) is 7.11 Å². The Labute approximate surface area is 88.4 Å². The topological polar surface area (TPSA) is 61.6 Å². The summed E-state index contributed by atoms with van der Waals surface area (Å²) in [5, 5.41) is 0. The van der Waals surface area contributed by atoms with Crippen LogP contribution < -0.4 is 0 Å². The van der Waals surface area contributed by atoms with Crippen molar-refractivity contribution < 1.29 is 18.7 Å². The van der Waals surface area contributed by atoms with Crippen LogP contribution in [0.15, 0.2) is 4.42 Å². The van der Waals surface area contributed by atoms with Crippen LogP contribution in [0, 0.1) is 0 Å². The molecular formula is C10H15NO4. The van der Waals surface area contributed by atoms with Crippen molar-refractivity contribution >= 4 is 5.97 Å². The zero-order chi connectivity index (χ0) is 11.3. The Hall–Kier alpha value is -1.36. The fraction of sp³-hybridized carbons (Fsp3) is 0.600. The standard InChI is InChI=1S/C10H15NO4/c1-4-5-7-9(10(12)14-3)15-8(11-7)6-13-2/h4-6H2,1-3H3. The van der Waals surface area contributed by atoms with Crippen molar-refractivity contribution in [2.24, 2.45) is 0 Å². The molecule has 1 aromatic rings. The summed E-state index contributed by atoms with van der Waals surface area (Å²) in [6.07, 6.45) is 1.58. The number of ether oxygens (including phenoxy) is 2. The van der Waals surface area contributed by atoms with E-state index in [0.29, 0.717) is 18.0 Å². The number of hydrogen-bond donors (Lipinski definition) is 0. The van der Waals surface area contributed by atoms with Gasteiger partial charge in [-0.05, 0) is 6.42 Å². The molecule has 0 bridgehead atoms. The highest BCUT2D eigenvalue weighted by Crippen LogP contribution is 2.14. The number of carbonyl (C=O) groups excluding carboxylic acids is 1. The number of aryl methyl sites for hydroxylation is 1. The number of aromatic nitrogens is 1. The van der Waals surface area contributed by atoms with Crippen molar-refractivity contribution in [1.82, 2.24) is 4.98 Å². The van der Waals surface area contributed by atoms with E-state index >= 15 is 0 Å². The predicted octanol–water partition coefficient (Wildman–Crippen LogP) is 1.56. The van der Waals surface area contributed by atoms with E-state index in [-0.39, 0.29) is 12.4 Å². The van der Waals surface area contributed by atoms with Crippen molar-refractivity contribution in [3.63, 3.8) is 0 Å². The number of carbonyl (C=O) groups is 1. The SMILES string of the molecule is CCCc1nc(COC)oc1C(=O)OC. The molecule has 0 spiro atoms. The second kappa shape index (κ2) is 5.50. The minimum absolute atomic E-state index is 0.186. The van der Waals surface area contributed by atoms with Crippen LogP contribution in [-0.2, 0) is 22.5 Å².